The number of hydrogen-bond donors (Lipinski definition) is 1. The summed E-state index contributed by atoms with van der Waals surface area (Å²) in [5.41, 5.74) is -1.72. The number of nitrogens with one attached hydrogen (secondary N) is 1. The van der Waals surface area contributed by atoms with Gasteiger partial charge < -0.3 is 5.32 Å². The first-order valence-corrected chi connectivity index (χ1v) is 13.3. The number of rotatable bonds is 16. The summed E-state index contributed by atoms with van der Waals surface area (Å²) in [5.74, 6) is -112. The molecular formula is C25H13F27N2O2. The van der Waals surface area contributed by atoms with Crippen molar-refractivity contribution < 1.29 is 128 Å². The molecule has 0 spiro atoms. The minimum Gasteiger partial charge on any atom is -0.349 e. The maximum Gasteiger partial charge on any atom is 0.460 e. The third-order valence-electron chi connectivity index (χ3n) is 7.34. The van der Waals surface area contributed by atoms with Crippen molar-refractivity contribution in [2.45, 2.75) is 104 Å². The van der Waals surface area contributed by atoms with Gasteiger partial charge in [0.1, 0.15) is 0 Å². The number of carbonyl (C=O) groups is 1. The molecule has 1 aromatic rings. The predicted molar refractivity (Wildman–Crippen MR) is 126 cm³/mol. The fraction of sp³-hybridized carbons (Fsp3) is 0.680. The number of halogens is 27. The number of benzene rings is 1. The van der Waals surface area contributed by atoms with Crippen LogP contribution in [0, 0.1) is 6.92 Å². The molecule has 324 valence electrons. The van der Waals surface area contributed by atoms with Gasteiger partial charge in [-0.25, -0.2) is 4.79 Å². The van der Waals surface area contributed by atoms with Crippen LogP contribution in [0.3, 0.4) is 0 Å². The Morgan fingerprint density at radius 1 is 0.554 bits per heavy atom. The lowest BCUT2D eigenvalue weighted by atomic mass is 9.83. The van der Waals surface area contributed by atoms with Gasteiger partial charge in [-0.1, -0.05) is 12.1 Å². The summed E-state index contributed by atoms with van der Waals surface area (Å²) in [4.78, 5) is 25.9. The van der Waals surface area contributed by atoms with Gasteiger partial charge in [0.25, 0.3) is 5.91 Å². The predicted octanol–water partition coefficient (Wildman–Crippen LogP) is 10.7. The SMILES string of the molecule is Cc1cccc(N=C=O)c1C(=O)NC(C)CC(F)(F)C(F)(F)C(F)(F)C(F)(F)C(F)(F)C(F)(F)C(F)(F)C(F)(F)C(F)(F)C(F)(F)C(F)(F)C(F)(F)C(F)(F)F. The average Bonchev–Trinajstić information content (AvgIpc) is 2.99. The van der Waals surface area contributed by atoms with Gasteiger partial charge in [-0.3, -0.25) is 4.79 Å². The van der Waals surface area contributed by atoms with Gasteiger partial charge in [0.2, 0.25) is 6.08 Å². The van der Waals surface area contributed by atoms with E-state index >= 15 is 0 Å². The fourth-order valence-corrected chi connectivity index (χ4v) is 4.13. The van der Waals surface area contributed by atoms with E-state index in [1.165, 1.54) is 5.32 Å². The molecule has 0 aliphatic carbocycles. The molecule has 0 saturated heterocycles. The number of carbonyl (C=O) groups excluding carboxylic acids is 2. The van der Waals surface area contributed by atoms with Crippen LogP contribution in [0.25, 0.3) is 0 Å². The molecule has 1 amide bonds. The highest BCUT2D eigenvalue weighted by molar-refractivity contribution is 6.00. The number of aryl methyl sites for hydroxylation is 1. The fourth-order valence-electron chi connectivity index (χ4n) is 4.13. The zero-order valence-corrected chi connectivity index (χ0v) is 26.0. The van der Waals surface area contributed by atoms with Crippen LogP contribution in [-0.4, -0.2) is 95.3 Å². The van der Waals surface area contributed by atoms with Gasteiger partial charge >= 0.3 is 77.2 Å². The van der Waals surface area contributed by atoms with E-state index in [1.807, 2.05) is 0 Å². The van der Waals surface area contributed by atoms with Crippen LogP contribution in [0.5, 0.6) is 0 Å². The van der Waals surface area contributed by atoms with Crippen molar-refractivity contribution >= 4 is 17.7 Å². The maximum absolute atomic E-state index is 14.4. The molecular weight excluding hydrogens is 873 g/mol. The van der Waals surface area contributed by atoms with Crippen molar-refractivity contribution in [3.05, 3.63) is 29.3 Å². The summed E-state index contributed by atoms with van der Waals surface area (Å²) in [7, 11) is 0. The lowest BCUT2D eigenvalue weighted by Crippen LogP contribution is -2.78. The van der Waals surface area contributed by atoms with Gasteiger partial charge in [0, 0.05) is 12.5 Å². The molecule has 0 aromatic heterocycles. The Morgan fingerprint density at radius 2 is 0.857 bits per heavy atom. The second kappa shape index (κ2) is 13.9. The molecule has 0 bridgehead atoms. The van der Waals surface area contributed by atoms with Crippen LogP contribution >= 0.6 is 0 Å². The molecule has 4 nitrogen and oxygen atoms in total. The number of isocyanates is 1. The zero-order chi connectivity index (χ0) is 45.3. The number of alkyl halides is 27. The number of aliphatic imine (C=N–C) groups is 1. The van der Waals surface area contributed by atoms with E-state index in [2.05, 4.69) is 4.99 Å². The highest BCUT2D eigenvalue weighted by Crippen LogP contribution is 2.68. The molecule has 0 aliphatic heterocycles. The quantitative estimate of drug-likeness (QED) is 0.102. The summed E-state index contributed by atoms with van der Waals surface area (Å²) in [6.45, 7) is 1.12. The number of amides is 1. The zero-order valence-electron chi connectivity index (χ0n) is 26.0. The molecule has 1 N–H and O–H groups in total. The lowest BCUT2D eigenvalue weighted by Gasteiger charge is -2.46. The third-order valence-corrected chi connectivity index (χ3v) is 7.34. The van der Waals surface area contributed by atoms with E-state index in [4.69, 9.17) is 0 Å². The first kappa shape index (κ1) is 50.2. The molecule has 0 fully saturated rings. The number of nitrogens with zero attached hydrogens (tertiary/aromatic N) is 1. The van der Waals surface area contributed by atoms with Crippen molar-refractivity contribution in [3.63, 3.8) is 0 Å². The second-order valence-corrected chi connectivity index (χ2v) is 11.3. The standard InChI is InChI=1S/C25H13F27N2O2/c1-8-4-3-5-10(53-7-55)11(8)12(56)54-9(2)6-13(26,27)14(28,29)15(30,31)16(32,33)17(34,35)18(36,37)19(38,39)20(40,41)21(42,43)22(44,45)23(46,47)24(48,49)25(50,51)52/h3-5,9H,6H2,1-2H3,(H,54,56). The van der Waals surface area contributed by atoms with Crippen molar-refractivity contribution in [3.8, 4) is 0 Å². The summed E-state index contributed by atoms with van der Waals surface area (Å²) < 4.78 is 370. The number of hydrogen-bond acceptors (Lipinski definition) is 3. The monoisotopic (exact) mass is 886 g/mol. The molecule has 0 aliphatic rings. The van der Waals surface area contributed by atoms with Crippen LogP contribution in [-0.2, 0) is 4.79 Å². The van der Waals surface area contributed by atoms with Crippen molar-refractivity contribution in [1.29, 1.82) is 0 Å². The highest BCUT2D eigenvalue weighted by Gasteiger charge is 3.00. The van der Waals surface area contributed by atoms with Gasteiger partial charge in [-0.15, -0.1) is 0 Å². The van der Waals surface area contributed by atoms with E-state index in [0.29, 0.717) is 0 Å². The summed E-state index contributed by atoms with van der Waals surface area (Å²) in [6, 6.07) is 0.0978. The molecule has 1 rings (SSSR count). The van der Waals surface area contributed by atoms with Gasteiger partial charge in [-0.05, 0) is 25.5 Å². The maximum atomic E-state index is 14.4. The Balaban J connectivity index is 3.77. The molecule has 0 heterocycles. The topological polar surface area (TPSA) is 58.5 Å². The minimum atomic E-state index is -9.85. The van der Waals surface area contributed by atoms with Crippen LogP contribution in [0.4, 0.5) is 124 Å². The Bertz CT molecular complexity index is 1670. The molecule has 1 unspecified atom stereocenters. The largest absolute Gasteiger partial charge is 0.460 e. The summed E-state index contributed by atoms with van der Waals surface area (Å²) >= 11 is 0. The van der Waals surface area contributed by atoms with Crippen LogP contribution in [0.1, 0.15) is 29.3 Å². The minimum absolute atomic E-state index is 0.106. The van der Waals surface area contributed by atoms with Crippen LogP contribution < -0.4 is 5.32 Å². The van der Waals surface area contributed by atoms with Crippen molar-refractivity contribution in [2.24, 2.45) is 4.99 Å². The Morgan fingerprint density at radius 3 is 1.16 bits per heavy atom. The van der Waals surface area contributed by atoms with E-state index in [9.17, 15) is 128 Å². The molecule has 1 atom stereocenters. The molecule has 0 radical (unpaired) electrons. The average molecular weight is 886 g/mol. The van der Waals surface area contributed by atoms with Crippen molar-refractivity contribution in [1.82, 2.24) is 5.32 Å². The molecule has 1 aromatic carbocycles. The van der Waals surface area contributed by atoms with Crippen LogP contribution in [0.15, 0.2) is 23.2 Å². The van der Waals surface area contributed by atoms with Gasteiger partial charge in [0.05, 0.1) is 11.3 Å². The first-order chi connectivity index (χ1) is 24.2. The lowest BCUT2D eigenvalue weighted by molar-refractivity contribution is -0.485. The van der Waals surface area contributed by atoms with Gasteiger partial charge in [-0.2, -0.15) is 124 Å². The van der Waals surface area contributed by atoms with Gasteiger partial charge in [0.15, 0.2) is 0 Å². The van der Waals surface area contributed by atoms with E-state index in [1.54, 1.807) is 0 Å². The third kappa shape index (κ3) is 6.74. The second-order valence-electron chi connectivity index (χ2n) is 11.3. The molecule has 56 heavy (non-hydrogen) atoms. The Labute approximate surface area is 290 Å². The van der Waals surface area contributed by atoms with Crippen molar-refractivity contribution in [2.75, 3.05) is 0 Å². The Kier molecular flexibility index (Phi) is 12.5. The highest BCUT2D eigenvalue weighted by atomic mass is 19.4. The molecule has 31 heteroatoms. The normalized spacial score (nSPS) is 16.0. The first-order valence-electron chi connectivity index (χ1n) is 13.3. The summed E-state index contributed by atoms with van der Waals surface area (Å²) in [5, 5.41) is 1.28. The van der Waals surface area contributed by atoms with E-state index < -0.39 is 107 Å². The Hall–Kier alpha value is -3.82. The van der Waals surface area contributed by atoms with E-state index in [-0.39, 0.29) is 12.5 Å². The molecule has 0 saturated carbocycles. The van der Waals surface area contributed by atoms with E-state index in [0.717, 1.165) is 31.2 Å². The summed E-state index contributed by atoms with van der Waals surface area (Å²) in [6.07, 6.45) is -10.6. The smallest absolute Gasteiger partial charge is 0.349 e. The van der Waals surface area contributed by atoms with Crippen LogP contribution in [0.2, 0.25) is 0 Å².